The predicted octanol–water partition coefficient (Wildman–Crippen LogP) is 4.86. The molecular formula is C21H20F2N2O3. The van der Waals surface area contributed by atoms with E-state index in [0.717, 1.165) is 25.7 Å². The highest BCUT2D eigenvalue weighted by Crippen LogP contribution is 2.27. The van der Waals surface area contributed by atoms with Crippen molar-refractivity contribution in [2.24, 2.45) is 0 Å². The number of benzene rings is 2. The Morgan fingerprint density at radius 1 is 1.11 bits per heavy atom. The van der Waals surface area contributed by atoms with E-state index in [4.69, 9.17) is 0 Å². The lowest BCUT2D eigenvalue weighted by molar-refractivity contribution is -0.384. The molecule has 1 aliphatic rings. The van der Waals surface area contributed by atoms with E-state index in [1.807, 2.05) is 0 Å². The van der Waals surface area contributed by atoms with Crippen LogP contribution in [0.15, 0.2) is 48.5 Å². The van der Waals surface area contributed by atoms with Crippen molar-refractivity contribution in [1.29, 1.82) is 0 Å². The van der Waals surface area contributed by atoms with Gasteiger partial charge in [-0.2, -0.15) is 0 Å². The van der Waals surface area contributed by atoms with E-state index in [-0.39, 0.29) is 29.7 Å². The summed E-state index contributed by atoms with van der Waals surface area (Å²) in [5.74, 6) is -1.68. The second kappa shape index (κ2) is 8.73. The molecule has 146 valence electrons. The number of nitro groups is 1. The van der Waals surface area contributed by atoms with E-state index in [1.165, 1.54) is 41.3 Å². The highest BCUT2D eigenvalue weighted by molar-refractivity contribution is 5.92. The van der Waals surface area contributed by atoms with Gasteiger partial charge in [0.05, 0.1) is 11.5 Å². The van der Waals surface area contributed by atoms with Crippen LogP contribution in [0, 0.1) is 21.7 Å². The molecule has 5 nitrogen and oxygen atoms in total. The van der Waals surface area contributed by atoms with E-state index in [0.29, 0.717) is 5.56 Å². The van der Waals surface area contributed by atoms with Crippen molar-refractivity contribution in [1.82, 2.24) is 4.90 Å². The van der Waals surface area contributed by atoms with Crippen LogP contribution in [-0.2, 0) is 11.3 Å². The molecular weight excluding hydrogens is 366 g/mol. The zero-order valence-corrected chi connectivity index (χ0v) is 15.2. The van der Waals surface area contributed by atoms with E-state index in [1.54, 1.807) is 18.2 Å². The summed E-state index contributed by atoms with van der Waals surface area (Å²) in [5.41, 5.74) is 0.472. The zero-order chi connectivity index (χ0) is 20.1. The number of carbonyl (C=O) groups is 1. The lowest BCUT2D eigenvalue weighted by Gasteiger charge is -2.28. The fourth-order valence-electron chi connectivity index (χ4n) is 3.43. The number of amides is 1. The Balaban J connectivity index is 1.79. The number of rotatable bonds is 6. The second-order valence-electron chi connectivity index (χ2n) is 6.79. The van der Waals surface area contributed by atoms with Crippen LogP contribution in [0.5, 0.6) is 0 Å². The molecule has 1 fully saturated rings. The number of non-ortho nitro benzene ring substituents is 1. The minimum Gasteiger partial charge on any atom is -0.332 e. The van der Waals surface area contributed by atoms with Crippen LogP contribution in [0.2, 0.25) is 0 Å². The fraction of sp³-hybridized carbons (Fsp3) is 0.286. The highest BCUT2D eigenvalue weighted by Gasteiger charge is 2.27. The molecule has 0 saturated heterocycles. The maximum absolute atomic E-state index is 14.1. The molecule has 0 aliphatic heterocycles. The molecule has 0 unspecified atom stereocenters. The molecule has 0 spiro atoms. The van der Waals surface area contributed by atoms with Gasteiger partial charge in [-0.25, -0.2) is 8.78 Å². The number of hydrogen-bond donors (Lipinski definition) is 0. The normalized spacial score (nSPS) is 14.5. The maximum Gasteiger partial charge on any atom is 0.269 e. The SMILES string of the molecule is O=C(/C=C/c1ccc([N+](=O)[O-])cc1)N(Cc1c(F)cccc1F)C1CCCC1. The topological polar surface area (TPSA) is 63.4 Å². The predicted molar refractivity (Wildman–Crippen MR) is 101 cm³/mol. The van der Waals surface area contributed by atoms with Gasteiger partial charge in [-0.3, -0.25) is 14.9 Å². The summed E-state index contributed by atoms with van der Waals surface area (Å²) in [4.78, 5) is 24.5. The van der Waals surface area contributed by atoms with Gasteiger partial charge >= 0.3 is 0 Å². The molecule has 0 bridgehead atoms. The first kappa shape index (κ1) is 19.7. The maximum atomic E-state index is 14.1. The standard InChI is InChI=1S/C21H20F2N2O3/c22-19-6-3-7-20(23)18(19)14-24(16-4-1-2-5-16)21(26)13-10-15-8-11-17(12-9-15)25(27)28/h3,6-13,16H,1-2,4-5,14H2/b13-10+. The van der Waals surface area contributed by atoms with Crippen molar-refractivity contribution >= 4 is 17.7 Å². The van der Waals surface area contributed by atoms with Crippen molar-refractivity contribution in [2.75, 3.05) is 0 Å². The van der Waals surface area contributed by atoms with E-state index >= 15 is 0 Å². The van der Waals surface area contributed by atoms with Gasteiger partial charge in [0, 0.05) is 29.8 Å². The monoisotopic (exact) mass is 386 g/mol. The van der Waals surface area contributed by atoms with Crippen LogP contribution in [0.25, 0.3) is 6.08 Å². The van der Waals surface area contributed by atoms with Crippen LogP contribution >= 0.6 is 0 Å². The quantitative estimate of drug-likeness (QED) is 0.405. The summed E-state index contributed by atoms with van der Waals surface area (Å²) in [7, 11) is 0. The number of nitrogens with zero attached hydrogens (tertiary/aromatic N) is 2. The average Bonchev–Trinajstić information content (AvgIpc) is 3.20. The van der Waals surface area contributed by atoms with Gasteiger partial charge in [0.2, 0.25) is 5.91 Å². The minimum absolute atomic E-state index is 0.0360. The van der Waals surface area contributed by atoms with E-state index < -0.39 is 16.6 Å². The van der Waals surface area contributed by atoms with Crippen molar-refractivity contribution in [3.05, 3.63) is 81.4 Å². The largest absolute Gasteiger partial charge is 0.332 e. The molecule has 28 heavy (non-hydrogen) atoms. The van der Waals surface area contributed by atoms with Gasteiger partial charge in [0.1, 0.15) is 11.6 Å². The smallest absolute Gasteiger partial charge is 0.269 e. The van der Waals surface area contributed by atoms with E-state index in [9.17, 15) is 23.7 Å². The zero-order valence-electron chi connectivity index (χ0n) is 15.2. The van der Waals surface area contributed by atoms with Crippen LogP contribution < -0.4 is 0 Å². The molecule has 1 aliphatic carbocycles. The summed E-state index contributed by atoms with van der Waals surface area (Å²) in [5, 5.41) is 10.7. The Bertz CT molecular complexity index is 871. The van der Waals surface area contributed by atoms with Crippen molar-refractivity contribution in [3.8, 4) is 0 Å². The van der Waals surface area contributed by atoms with Crippen molar-refractivity contribution < 1.29 is 18.5 Å². The molecule has 0 N–H and O–H groups in total. The molecule has 3 rings (SSSR count). The summed E-state index contributed by atoms with van der Waals surface area (Å²) in [6.07, 6.45) is 6.44. The molecule has 1 saturated carbocycles. The summed E-state index contributed by atoms with van der Waals surface area (Å²) < 4.78 is 28.1. The summed E-state index contributed by atoms with van der Waals surface area (Å²) in [6.45, 7) is -0.132. The molecule has 0 heterocycles. The third kappa shape index (κ3) is 4.60. The Hall–Kier alpha value is -3.09. The fourth-order valence-corrected chi connectivity index (χ4v) is 3.43. The molecule has 7 heteroatoms. The van der Waals surface area contributed by atoms with Gasteiger partial charge in [0.15, 0.2) is 0 Å². The van der Waals surface area contributed by atoms with Crippen LogP contribution in [0.4, 0.5) is 14.5 Å². The van der Waals surface area contributed by atoms with Gasteiger partial charge in [-0.15, -0.1) is 0 Å². The Morgan fingerprint density at radius 2 is 1.71 bits per heavy atom. The first-order chi connectivity index (χ1) is 13.5. The Morgan fingerprint density at radius 3 is 2.29 bits per heavy atom. The number of hydrogen-bond acceptors (Lipinski definition) is 3. The minimum atomic E-state index is -0.671. The molecule has 2 aromatic carbocycles. The van der Waals surface area contributed by atoms with Gasteiger partial charge in [0.25, 0.3) is 5.69 Å². The lowest BCUT2D eigenvalue weighted by atomic mass is 10.1. The first-order valence-electron chi connectivity index (χ1n) is 9.11. The highest BCUT2D eigenvalue weighted by atomic mass is 19.1. The molecule has 0 radical (unpaired) electrons. The van der Waals surface area contributed by atoms with Crippen LogP contribution in [-0.4, -0.2) is 21.8 Å². The van der Waals surface area contributed by atoms with Gasteiger partial charge in [-0.1, -0.05) is 18.9 Å². The van der Waals surface area contributed by atoms with Gasteiger partial charge < -0.3 is 4.90 Å². The molecule has 1 amide bonds. The number of halogens is 2. The summed E-state index contributed by atoms with van der Waals surface area (Å²) >= 11 is 0. The summed E-state index contributed by atoms with van der Waals surface area (Å²) in [6, 6.07) is 9.39. The van der Waals surface area contributed by atoms with Crippen molar-refractivity contribution in [3.63, 3.8) is 0 Å². The van der Waals surface area contributed by atoms with Crippen LogP contribution in [0.3, 0.4) is 0 Å². The third-order valence-electron chi connectivity index (χ3n) is 4.96. The van der Waals surface area contributed by atoms with Gasteiger partial charge in [-0.05, 0) is 48.7 Å². The third-order valence-corrected chi connectivity index (χ3v) is 4.96. The molecule has 0 aromatic heterocycles. The number of nitro benzene ring substituents is 1. The lowest BCUT2D eigenvalue weighted by Crippen LogP contribution is -2.37. The molecule has 2 aromatic rings. The van der Waals surface area contributed by atoms with Crippen molar-refractivity contribution in [2.45, 2.75) is 38.3 Å². The number of carbonyl (C=O) groups excluding carboxylic acids is 1. The Labute approximate surface area is 161 Å². The molecule has 0 atom stereocenters. The average molecular weight is 386 g/mol. The first-order valence-corrected chi connectivity index (χ1v) is 9.11. The Kier molecular flexibility index (Phi) is 6.13. The van der Waals surface area contributed by atoms with E-state index in [2.05, 4.69) is 0 Å². The second-order valence-corrected chi connectivity index (χ2v) is 6.79. The van der Waals surface area contributed by atoms with Crippen LogP contribution in [0.1, 0.15) is 36.8 Å².